The molecule has 0 aliphatic heterocycles. The first-order valence-corrected chi connectivity index (χ1v) is 30.6. The summed E-state index contributed by atoms with van der Waals surface area (Å²) < 4.78 is 15.8. The van der Waals surface area contributed by atoms with E-state index < -0.39 is 0 Å². The molecule has 5 aromatic heterocycles. The summed E-state index contributed by atoms with van der Waals surface area (Å²) in [5.41, 5.74) is 9.42. The molecular formula is C69H49N9O5S4. The zero-order valence-corrected chi connectivity index (χ0v) is 50.0. The van der Waals surface area contributed by atoms with E-state index in [4.69, 9.17) is 9.47 Å². The Labute approximate surface area is 514 Å². The number of ether oxygens (including phenoxy) is 2. The van der Waals surface area contributed by atoms with Crippen LogP contribution in [0.2, 0.25) is 0 Å². The van der Waals surface area contributed by atoms with Crippen LogP contribution in [0, 0.1) is 6.92 Å². The number of fused-ring (bicyclic) bond motifs is 6. The summed E-state index contributed by atoms with van der Waals surface area (Å²) in [7, 11) is 3.27. The van der Waals surface area contributed by atoms with Crippen LogP contribution in [-0.2, 0) is 0 Å². The molecule has 0 saturated carbocycles. The van der Waals surface area contributed by atoms with Crippen molar-refractivity contribution in [2.24, 2.45) is 0 Å². The number of aromatic nitrogens is 6. The van der Waals surface area contributed by atoms with E-state index in [1.54, 1.807) is 38.1 Å². The molecule has 18 heteroatoms. The molecule has 3 N–H and O–H groups in total. The van der Waals surface area contributed by atoms with E-state index in [0.29, 0.717) is 32.1 Å². The predicted molar refractivity (Wildman–Crippen MR) is 356 cm³/mol. The van der Waals surface area contributed by atoms with Crippen molar-refractivity contribution in [2.75, 3.05) is 30.2 Å². The van der Waals surface area contributed by atoms with E-state index in [1.165, 1.54) is 34.0 Å². The highest BCUT2D eigenvalue weighted by molar-refractivity contribution is 7.23. The number of nitrogens with one attached hydrogen (secondary N) is 3. The zero-order chi connectivity index (χ0) is 59.4. The molecule has 0 radical (unpaired) electrons. The number of imidazole rings is 1. The maximum absolute atomic E-state index is 12.8. The van der Waals surface area contributed by atoms with Gasteiger partial charge in [0.25, 0.3) is 17.7 Å². The van der Waals surface area contributed by atoms with Crippen molar-refractivity contribution in [1.82, 2.24) is 29.5 Å². The number of amides is 3. The zero-order valence-electron chi connectivity index (χ0n) is 46.7. The van der Waals surface area contributed by atoms with Crippen LogP contribution in [0.4, 0.5) is 15.4 Å². The molecule has 0 saturated heterocycles. The van der Waals surface area contributed by atoms with Gasteiger partial charge in [-0.1, -0.05) is 137 Å². The Morgan fingerprint density at radius 1 is 0.460 bits per heavy atom. The molecule has 0 aliphatic rings. The smallest absolute Gasteiger partial charge is 0.257 e. The molecular weight excluding hydrogens is 1160 g/mol. The first-order chi connectivity index (χ1) is 42.6. The van der Waals surface area contributed by atoms with E-state index in [0.717, 1.165) is 108 Å². The number of benzene rings is 10. The minimum absolute atomic E-state index is 0.153. The molecule has 0 spiro atoms. The Balaban J connectivity index is 0.000000121. The highest BCUT2D eigenvalue weighted by atomic mass is 32.1. The first-order valence-electron chi connectivity index (χ1n) is 27.3. The molecule has 3 amide bonds. The Hall–Kier alpha value is -10.5. The van der Waals surface area contributed by atoms with Gasteiger partial charge >= 0.3 is 0 Å². The van der Waals surface area contributed by atoms with Crippen LogP contribution < -0.4 is 25.4 Å². The van der Waals surface area contributed by atoms with Gasteiger partial charge in [-0.15, -0.1) is 11.3 Å². The molecule has 0 atom stereocenters. The molecule has 0 bridgehead atoms. The van der Waals surface area contributed by atoms with Crippen molar-refractivity contribution in [3.63, 3.8) is 0 Å². The van der Waals surface area contributed by atoms with Gasteiger partial charge in [0, 0.05) is 57.3 Å². The third-order valence-corrected chi connectivity index (χ3v) is 17.9. The second-order valence-electron chi connectivity index (χ2n) is 19.9. The maximum atomic E-state index is 12.8. The molecule has 87 heavy (non-hydrogen) atoms. The summed E-state index contributed by atoms with van der Waals surface area (Å²) in [6.07, 6.45) is 5.39. The monoisotopic (exact) mass is 1210 g/mol. The van der Waals surface area contributed by atoms with Crippen LogP contribution in [0.25, 0.3) is 91.0 Å². The third kappa shape index (κ3) is 12.4. The summed E-state index contributed by atoms with van der Waals surface area (Å²) in [4.78, 5) is 60.4. The van der Waals surface area contributed by atoms with Crippen molar-refractivity contribution in [1.29, 1.82) is 0 Å². The lowest BCUT2D eigenvalue weighted by molar-refractivity contribution is 0.101. The lowest BCUT2D eigenvalue weighted by Crippen LogP contribution is -2.11. The molecule has 14 nitrogen and oxygen atoms in total. The number of carbonyl (C=O) groups excluding carboxylic acids is 3. The van der Waals surface area contributed by atoms with Crippen molar-refractivity contribution >= 4 is 141 Å². The Bertz CT molecular complexity index is 5070. The van der Waals surface area contributed by atoms with E-state index >= 15 is 0 Å². The summed E-state index contributed by atoms with van der Waals surface area (Å²) in [5.74, 6) is 0.989. The van der Waals surface area contributed by atoms with Gasteiger partial charge in [0.15, 0.2) is 15.4 Å². The lowest BCUT2D eigenvalue weighted by Gasteiger charge is -2.10. The number of aryl methyl sites for hydroxylation is 1. The van der Waals surface area contributed by atoms with Gasteiger partial charge in [-0.25, -0.2) is 24.9 Å². The van der Waals surface area contributed by atoms with Crippen LogP contribution >= 0.6 is 45.3 Å². The fourth-order valence-corrected chi connectivity index (χ4v) is 13.2. The number of carbonyl (C=O) groups is 3. The quantitative estimate of drug-likeness (QED) is 0.113. The molecule has 15 rings (SSSR count). The van der Waals surface area contributed by atoms with Gasteiger partial charge in [0.1, 0.15) is 11.5 Å². The van der Waals surface area contributed by atoms with Crippen LogP contribution in [0.15, 0.2) is 224 Å². The second-order valence-corrected chi connectivity index (χ2v) is 24.1. The van der Waals surface area contributed by atoms with Crippen LogP contribution in [0.3, 0.4) is 0 Å². The number of methoxy groups -OCH3 is 2. The minimum atomic E-state index is -0.174. The molecule has 5 heterocycles. The van der Waals surface area contributed by atoms with Gasteiger partial charge in [-0.2, -0.15) is 0 Å². The SMILES string of the molecule is COc1ccc(-c2ccc3nc(NC(=O)c4ccc5ccccc5c4)sc3c2)c(OC)c1.Cc1nc(-c2ccc3nc(NC(=O)c4ccc5ccccc5c4)sc3c2)cs1.O=C(Nc1nc2ccc(-n3ccnc3)cc2s1)c1ccc2ccccc2c1. The number of anilines is 3. The number of hydrogen-bond donors (Lipinski definition) is 3. The fourth-order valence-electron chi connectivity index (χ4n) is 9.85. The van der Waals surface area contributed by atoms with Crippen molar-refractivity contribution < 1.29 is 23.9 Å². The summed E-state index contributed by atoms with van der Waals surface area (Å²) in [6.45, 7) is 2.00. The van der Waals surface area contributed by atoms with Crippen LogP contribution in [0.5, 0.6) is 11.5 Å². The highest BCUT2D eigenvalue weighted by Crippen LogP contribution is 2.38. The van der Waals surface area contributed by atoms with Gasteiger partial charge in [-0.05, 0) is 136 Å². The topological polar surface area (TPSA) is 175 Å². The van der Waals surface area contributed by atoms with Gasteiger partial charge in [0.05, 0.1) is 61.9 Å². The molecule has 10 aromatic carbocycles. The molecule has 424 valence electrons. The first kappa shape index (κ1) is 55.7. The third-order valence-electron chi connectivity index (χ3n) is 14.3. The van der Waals surface area contributed by atoms with E-state index in [9.17, 15) is 14.4 Å². The number of rotatable bonds is 11. The predicted octanol–water partition coefficient (Wildman–Crippen LogP) is 17.4. The maximum Gasteiger partial charge on any atom is 0.257 e. The van der Waals surface area contributed by atoms with E-state index in [2.05, 4.69) is 58.4 Å². The van der Waals surface area contributed by atoms with Crippen molar-refractivity contribution in [3.05, 3.63) is 246 Å². The highest BCUT2D eigenvalue weighted by Gasteiger charge is 2.17. The van der Waals surface area contributed by atoms with Gasteiger partial charge in [0.2, 0.25) is 0 Å². The lowest BCUT2D eigenvalue weighted by atomic mass is 10.0. The second kappa shape index (κ2) is 24.6. The Kier molecular flexibility index (Phi) is 15.7. The standard InChI is InChI=1S/C26H20N2O3S.C22H15N3OS2.C21H14N4OS/c1-30-20-10-11-21(23(15-20)31-2)18-9-12-22-24(14-18)32-26(27-22)28-25(29)19-8-7-16-5-3-4-6-17(16)13-19;1-13-23-19(12-27-13)16-8-9-18-20(11-16)28-22(24-18)25-21(26)17-7-6-14-4-2-3-5-15(14)10-17;26-20(16-6-5-14-3-1-2-4-15(14)11-16)24-21-23-18-8-7-17(12-19(18)27-21)25-10-9-22-13-25/h3-15H,1-2H3,(H,27,28,29);2-12H,1H3,(H,24,25,26);1-13H,(H,23,24,26). The molecule has 0 aliphatic carbocycles. The average molecular weight is 1210 g/mol. The summed E-state index contributed by atoms with van der Waals surface area (Å²) in [5, 5.41) is 20.1. The number of nitrogens with zero attached hydrogens (tertiary/aromatic N) is 6. The Morgan fingerprint density at radius 3 is 1.39 bits per heavy atom. The number of hydrogen-bond acceptors (Lipinski definition) is 14. The van der Waals surface area contributed by atoms with Crippen molar-refractivity contribution in [2.45, 2.75) is 6.92 Å². The minimum Gasteiger partial charge on any atom is -0.497 e. The Morgan fingerprint density at radius 2 is 0.931 bits per heavy atom. The normalized spacial score (nSPS) is 11.1. The summed E-state index contributed by atoms with van der Waals surface area (Å²) in [6, 6.07) is 64.9. The molecule has 15 aromatic rings. The largest absolute Gasteiger partial charge is 0.497 e. The van der Waals surface area contributed by atoms with E-state index in [1.807, 2.05) is 206 Å². The molecule has 0 fully saturated rings. The fraction of sp³-hybridized carbons (Fsp3) is 0.0435. The van der Waals surface area contributed by atoms with Crippen LogP contribution in [-0.4, -0.2) is 61.4 Å². The van der Waals surface area contributed by atoms with Crippen molar-refractivity contribution in [3.8, 4) is 39.6 Å². The number of thiazole rings is 4. The van der Waals surface area contributed by atoms with Gasteiger partial charge < -0.3 is 14.0 Å². The van der Waals surface area contributed by atoms with Crippen LogP contribution in [0.1, 0.15) is 36.1 Å². The molecule has 0 unspecified atom stereocenters. The van der Waals surface area contributed by atoms with Gasteiger partial charge in [-0.3, -0.25) is 30.3 Å². The van der Waals surface area contributed by atoms with E-state index in [-0.39, 0.29) is 17.7 Å². The summed E-state index contributed by atoms with van der Waals surface area (Å²) >= 11 is 6.01. The average Bonchev–Trinajstić information content (AvgIpc) is 3.75.